The quantitative estimate of drug-likeness (QED) is 0.563. The van der Waals surface area contributed by atoms with E-state index in [2.05, 4.69) is 38.1 Å². The summed E-state index contributed by atoms with van der Waals surface area (Å²) in [5.74, 6) is 0. The minimum Gasteiger partial charge on any atom is -0.192 e. The van der Waals surface area contributed by atoms with Crippen LogP contribution in [-0.2, 0) is 5.41 Å². The molecule has 1 aromatic rings. The molecule has 0 saturated heterocycles. The zero-order chi connectivity index (χ0) is 14.3. The molecular weight excluding hydrogens is 229 g/mol. The highest BCUT2D eigenvalue weighted by Crippen LogP contribution is 2.26. The van der Waals surface area contributed by atoms with Crippen LogP contribution < -0.4 is 0 Å². The molecule has 0 N–H and O–H groups in total. The Morgan fingerprint density at radius 2 is 1.95 bits per heavy atom. The summed E-state index contributed by atoms with van der Waals surface area (Å²) in [4.78, 5) is 0. The van der Waals surface area contributed by atoms with Crippen molar-refractivity contribution in [2.75, 3.05) is 0 Å². The van der Waals surface area contributed by atoms with Crippen LogP contribution in [0.5, 0.6) is 0 Å². The second-order valence-corrected chi connectivity index (χ2v) is 5.15. The lowest BCUT2D eigenvalue weighted by atomic mass is 9.83. The van der Waals surface area contributed by atoms with Gasteiger partial charge in [-0.2, -0.15) is 5.26 Å². The van der Waals surface area contributed by atoms with Crippen molar-refractivity contribution < 1.29 is 0 Å². The number of hydrogen-bond acceptors (Lipinski definition) is 1. The maximum Gasteiger partial charge on any atom is 0.0991 e. The topological polar surface area (TPSA) is 23.8 Å². The number of allylic oxidation sites excluding steroid dienone is 4. The molecule has 1 rings (SSSR count). The van der Waals surface area contributed by atoms with Crippen LogP contribution in [0.1, 0.15) is 38.3 Å². The monoisotopic (exact) mass is 249 g/mol. The van der Waals surface area contributed by atoms with Crippen LogP contribution in [0.4, 0.5) is 0 Å². The van der Waals surface area contributed by atoms with E-state index in [1.165, 1.54) is 11.1 Å². The molecular formula is C17H20BN. The lowest BCUT2D eigenvalue weighted by Crippen LogP contribution is -2.13. The standard InChI is InChI=1S/C17H20BN/c1-4-14(10-12-18)9-11-17(2,3)16-7-5-15(13-19)6-8-16/h4-9,11H,10,12H2,1-3H3/b11-9-,14-4+. The molecule has 0 spiro atoms. The smallest absolute Gasteiger partial charge is 0.0991 e. The second-order valence-electron chi connectivity index (χ2n) is 5.15. The molecule has 0 saturated carbocycles. The van der Waals surface area contributed by atoms with E-state index >= 15 is 0 Å². The van der Waals surface area contributed by atoms with Gasteiger partial charge in [0.25, 0.3) is 0 Å². The first-order valence-corrected chi connectivity index (χ1v) is 6.58. The molecule has 0 unspecified atom stereocenters. The largest absolute Gasteiger partial charge is 0.192 e. The van der Waals surface area contributed by atoms with Crippen molar-refractivity contribution in [1.29, 1.82) is 5.26 Å². The van der Waals surface area contributed by atoms with Gasteiger partial charge in [0.05, 0.1) is 19.5 Å². The highest BCUT2D eigenvalue weighted by Gasteiger charge is 2.16. The Kier molecular flexibility index (Phi) is 5.64. The van der Waals surface area contributed by atoms with Crippen LogP contribution in [0.2, 0.25) is 6.32 Å². The Morgan fingerprint density at radius 1 is 1.32 bits per heavy atom. The molecule has 0 heterocycles. The van der Waals surface area contributed by atoms with Crippen molar-refractivity contribution in [3.8, 4) is 6.07 Å². The number of nitriles is 1. The number of benzene rings is 1. The van der Waals surface area contributed by atoms with E-state index in [4.69, 9.17) is 13.1 Å². The van der Waals surface area contributed by atoms with E-state index in [1.54, 1.807) is 0 Å². The van der Waals surface area contributed by atoms with Crippen molar-refractivity contribution in [3.63, 3.8) is 0 Å². The van der Waals surface area contributed by atoms with Gasteiger partial charge in [-0.05, 0) is 31.0 Å². The molecule has 0 atom stereocenters. The predicted molar refractivity (Wildman–Crippen MR) is 82.3 cm³/mol. The van der Waals surface area contributed by atoms with Gasteiger partial charge in [-0.3, -0.25) is 0 Å². The molecule has 96 valence electrons. The minimum atomic E-state index is -0.0587. The minimum absolute atomic E-state index is 0.0587. The van der Waals surface area contributed by atoms with Crippen molar-refractivity contribution in [2.24, 2.45) is 0 Å². The summed E-state index contributed by atoms with van der Waals surface area (Å²) in [6, 6.07) is 9.90. The van der Waals surface area contributed by atoms with Gasteiger partial charge in [0.2, 0.25) is 0 Å². The van der Waals surface area contributed by atoms with Gasteiger partial charge in [-0.15, -0.1) is 0 Å². The van der Waals surface area contributed by atoms with E-state index in [9.17, 15) is 0 Å². The molecule has 0 bridgehead atoms. The highest BCUT2D eigenvalue weighted by molar-refractivity contribution is 6.08. The molecule has 2 radical (unpaired) electrons. The average Bonchev–Trinajstić information content (AvgIpc) is 2.43. The Balaban J connectivity index is 2.90. The third kappa shape index (κ3) is 4.45. The van der Waals surface area contributed by atoms with Gasteiger partial charge < -0.3 is 0 Å². The fraction of sp³-hybridized carbons (Fsp3) is 0.353. The van der Waals surface area contributed by atoms with Crippen LogP contribution in [0, 0.1) is 11.3 Å². The van der Waals surface area contributed by atoms with Crippen LogP contribution in [-0.4, -0.2) is 7.85 Å². The fourth-order valence-electron chi connectivity index (χ4n) is 1.88. The summed E-state index contributed by atoms with van der Waals surface area (Å²) in [5.41, 5.74) is 3.09. The van der Waals surface area contributed by atoms with Gasteiger partial charge in [-0.1, -0.05) is 56.1 Å². The van der Waals surface area contributed by atoms with Gasteiger partial charge in [0, 0.05) is 5.41 Å². The molecule has 1 aromatic carbocycles. The Morgan fingerprint density at radius 3 is 2.42 bits per heavy atom. The van der Waals surface area contributed by atoms with Crippen LogP contribution in [0.3, 0.4) is 0 Å². The molecule has 0 amide bonds. The molecule has 0 aliphatic rings. The first kappa shape index (κ1) is 15.3. The normalized spacial score (nSPS) is 12.6. The average molecular weight is 249 g/mol. The third-order valence-corrected chi connectivity index (χ3v) is 3.28. The maximum absolute atomic E-state index is 8.82. The van der Waals surface area contributed by atoms with Gasteiger partial charge >= 0.3 is 0 Å². The first-order chi connectivity index (χ1) is 9.03. The highest BCUT2D eigenvalue weighted by atomic mass is 14.2. The Bertz CT molecular complexity index is 501. The Labute approximate surface area is 118 Å². The number of rotatable bonds is 5. The molecule has 1 nitrogen and oxygen atoms in total. The summed E-state index contributed by atoms with van der Waals surface area (Å²) >= 11 is 0. The van der Waals surface area contributed by atoms with Gasteiger partial charge in [-0.25, -0.2) is 0 Å². The van der Waals surface area contributed by atoms with Crippen LogP contribution >= 0.6 is 0 Å². The van der Waals surface area contributed by atoms with Crippen molar-refractivity contribution in [1.82, 2.24) is 0 Å². The zero-order valence-corrected chi connectivity index (χ0v) is 12.0. The number of hydrogen-bond donors (Lipinski definition) is 0. The van der Waals surface area contributed by atoms with Gasteiger partial charge in [0.15, 0.2) is 0 Å². The molecule has 19 heavy (non-hydrogen) atoms. The lowest BCUT2D eigenvalue weighted by molar-refractivity contribution is 0.669. The Hall–Kier alpha value is -1.75. The summed E-state index contributed by atoms with van der Waals surface area (Å²) in [5, 5.41) is 8.82. The van der Waals surface area contributed by atoms with E-state index in [0.717, 1.165) is 6.42 Å². The van der Waals surface area contributed by atoms with Crippen molar-refractivity contribution in [2.45, 2.75) is 38.9 Å². The summed E-state index contributed by atoms with van der Waals surface area (Å²) in [6.07, 6.45) is 8.00. The predicted octanol–water partition coefficient (Wildman–Crippen LogP) is 4.32. The molecule has 0 fully saturated rings. The van der Waals surface area contributed by atoms with Crippen molar-refractivity contribution in [3.05, 3.63) is 59.2 Å². The summed E-state index contributed by atoms with van der Waals surface area (Å²) in [7, 11) is 5.58. The fourth-order valence-corrected chi connectivity index (χ4v) is 1.88. The summed E-state index contributed by atoms with van der Waals surface area (Å²) in [6.45, 7) is 6.37. The lowest BCUT2D eigenvalue weighted by Gasteiger charge is -2.21. The number of nitrogens with zero attached hydrogens (tertiary/aromatic N) is 1. The van der Waals surface area contributed by atoms with Gasteiger partial charge in [0.1, 0.15) is 0 Å². The zero-order valence-electron chi connectivity index (χ0n) is 12.0. The SMILES string of the molecule is [B]CCC(/C=C\C(C)(C)c1ccc(C#N)cc1)=C/C. The van der Waals surface area contributed by atoms with E-state index in [-0.39, 0.29) is 5.41 Å². The first-order valence-electron chi connectivity index (χ1n) is 6.58. The van der Waals surface area contributed by atoms with Crippen LogP contribution in [0.25, 0.3) is 0 Å². The second kappa shape index (κ2) is 6.99. The van der Waals surface area contributed by atoms with Crippen LogP contribution in [0.15, 0.2) is 48.1 Å². The molecule has 2 heteroatoms. The maximum atomic E-state index is 8.82. The van der Waals surface area contributed by atoms with Crippen molar-refractivity contribution >= 4 is 7.85 Å². The molecule has 0 aliphatic heterocycles. The molecule has 0 aliphatic carbocycles. The van der Waals surface area contributed by atoms with E-state index < -0.39 is 0 Å². The third-order valence-electron chi connectivity index (χ3n) is 3.28. The van der Waals surface area contributed by atoms with E-state index in [1.807, 2.05) is 31.2 Å². The van der Waals surface area contributed by atoms with E-state index in [0.29, 0.717) is 11.9 Å². The molecule has 0 aromatic heterocycles. The summed E-state index contributed by atoms with van der Waals surface area (Å²) < 4.78 is 0.